The summed E-state index contributed by atoms with van der Waals surface area (Å²) in [5.41, 5.74) is 11.6. The van der Waals surface area contributed by atoms with Gasteiger partial charge in [-0.2, -0.15) is 0 Å². The summed E-state index contributed by atoms with van der Waals surface area (Å²) < 4.78 is 50.9. The smallest absolute Gasteiger partial charge is 0.276 e. The second-order valence-corrected chi connectivity index (χ2v) is 9.46. The maximum Gasteiger partial charge on any atom is 0.276 e. The van der Waals surface area contributed by atoms with Gasteiger partial charge in [-0.15, -0.1) is 0 Å². The first-order valence-electron chi connectivity index (χ1n) is 12.7. The number of nitrogens with two attached hydrogens (primary N) is 2. The van der Waals surface area contributed by atoms with Gasteiger partial charge in [-0.1, -0.05) is 30.3 Å². The number of nitrogens with one attached hydrogen (secondary N) is 1. The lowest BCUT2D eigenvalue weighted by molar-refractivity contribution is 0.102. The predicted molar refractivity (Wildman–Crippen MR) is 146 cm³/mol. The number of hydrogen-bond donors (Lipinski definition) is 3. The Hall–Kier alpha value is -4.64. The average Bonchev–Trinajstić information content (AvgIpc) is 2.94. The highest BCUT2D eigenvalue weighted by atomic mass is 19.1. The Kier molecular flexibility index (Phi) is 7.83. The van der Waals surface area contributed by atoms with Crippen molar-refractivity contribution >= 4 is 23.0 Å². The normalized spacial score (nSPS) is 15.1. The predicted octanol–water partition coefficient (Wildman–Crippen LogP) is 4.90. The zero-order chi connectivity index (χ0) is 28.2. The van der Waals surface area contributed by atoms with Gasteiger partial charge in [0, 0.05) is 31.4 Å². The van der Waals surface area contributed by atoms with Crippen LogP contribution >= 0.6 is 0 Å². The lowest BCUT2D eigenvalue weighted by Gasteiger charge is -2.33. The number of carbonyl (C=O) groups excluding carboxylic acids is 1. The number of aromatic nitrogens is 2. The van der Waals surface area contributed by atoms with Gasteiger partial charge in [-0.3, -0.25) is 9.78 Å². The molecule has 1 fully saturated rings. The van der Waals surface area contributed by atoms with Crippen molar-refractivity contribution in [1.29, 1.82) is 0 Å². The summed E-state index contributed by atoms with van der Waals surface area (Å²) in [6.07, 6.45) is 4.83. The minimum absolute atomic E-state index is 0.00347. The van der Waals surface area contributed by atoms with Gasteiger partial charge in [0.2, 0.25) is 0 Å². The van der Waals surface area contributed by atoms with Gasteiger partial charge in [-0.25, -0.2) is 18.2 Å². The van der Waals surface area contributed by atoms with Gasteiger partial charge < -0.3 is 26.4 Å². The molecule has 40 heavy (non-hydrogen) atoms. The number of carbonyl (C=O) groups is 1. The van der Waals surface area contributed by atoms with Gasteiger partial charge in [-0.05, 0) is 36.6 Å². The molecule has 4 aromatic rings. The van der Waals surface area contributed by atoms with E-state index in [0.717, 1.165) is 43.1 Å². The molecule has 1 aliphatic heterocycles. The van der Waals surface area contributed by atoms with Crippen LogP contribution in [0.25, 0.3) is 11.3 Å². The maximum absolute atomic E-state index is 15.4. The summed E-state index contributed by atoms with van der Waals surface area (Å²) in [6.45, 7) is 1.33. The number of anilines is 3. The quantitative estimate of drug-likeness (QED) is 0.301. The second-order valence-electron chi connectivity index (χ2n) is 9.46. The van der Waals surface area contributed by atoms with E-state index in [4.69, 9.17) is 16.2 Å². The van der Waals surface area contributed by atoms with E-state index in [0.29, 0.717) is 17.9 Å². The van der Waals surface area contributed by atoms with Crippen LogP contribution in [-0.4, -0.2) is 35.0 Å². The molecule has 1 atom stereocenters. The van der Waals surface area contributed by atoms with Gasteiger partial charge in [0.15, 0.2) is 23.1 Å². The summed E-state index contributed by atoms with van der Waals surface area (Å²) in [5.74, 6) is -4.44. The number of ether oxygens (including phenoxy) is 1. The molecule has 5 N–H and O–H groups in total. The molecule has 1 unspecified atom stereocenters. The van der Waals surface area contributed by atoms with Crippen molar-refractivity contribution < 1.29 is 22.7 Å². The molecule has 0 aliphatic carbocycles. The number of amides is 1. The van der Waals surface area contributed by atoms with Crippen molar-refractivity contribution in [2.24, 2.45) is 5.73 Å². The first kappa shape index (κ1) is 26.9. The van der Waals surface area contributed by atoms with Crippen LogP contribution in [0.1, 0.15) is 28.9 Å². The Bertz CT molecular complexity index is 1540. The van der Waals surface area contributed by atoms with Crippen molar-refractivity contribution in [2.45, 2.75) is 25.5 Å². The molecular formula is C29H27F3N6O2. The monoisotopic (exact) mass is 548 g/mol. The van der Waals surface area contributed by atoms with Gasteiger partial charge in [0.05, 0.1) is 28.8 Å². The summed E-state index contributed by atoms with van der Waals surface area (Å²) in [7, 11) is 0. The van der Waals surface area contributed by atoms with Crippen molar-refractivity contribution in [3.8, 4) is 17.0 Å². The standard InChI is InChI=1S/C29H27F3N6O2/c30-19-8-9-24(40-16-17-5-2-1-3-6-17)26(32)25(19)27-20(31)13-21(34)28(37-27)29(39)36-22-14-35-11-10-23(22)38-12-4-7-18(33)15-38/h1-3,5-6,8-11,13-14,18H,4,7,12,15-16,33-34H2,(H,36,39). The van der Waals surface area contributed by atoms with Crippen LogP contribution < -0.4 is 26.4 Å². The van der Waals surface area contributed by atoms with E-state index >= 15 is 8.78 Å². The number of piperidine rings is 1. The second kappa shape index (κ2) is 11.6. The van der Waals surface area contributed by atoms with Gasteiger partial charge >= 0.3 is 0 Å². The third-order valence-electron chi connectivity index (χ3n) is 6.60. The fourth-order valence-electron chi connectivity index (χ4n) is 4.63. The van der Waals surface area contributed by atoms with Crippen LogP contribution in [0.15, 0.2) is 67.0 Å². The molecular weight excluding hydrogens is 521 g/mol. The lowest BCUT2D eigenvalue weighted by Crippen LogP contribution is -2.43. The Morgan fingerprint density at radius 3 is 2.67 bits per heavy atom. The van der Waals surface area contributed by atoms with Crippen molar-refractivity contribution in [2.75, 3.05) is 29.0 Å². The van der Waals surface area contributed by atoms with Crippen LogP contribution in [0.4, 0.5) is 30.2 Å². The highest BCUT2D eigenvalue weighted by molar-refractivity contribution is 6.08. The summed E-state index contributed by atoms with van der Waals surface area (Å²) in [6, 6.07) is 13.6. The van der Waals surface area contributed by atoms with E-state index in [-0.39, 0.29) is 24.1 Å². The average molecular weight is 549 g/mol. The third kappa shape index (κ3) is 5.69. The molecule has 0 saturated carbocycles. The van der Waals surface area contributed by atoms with Crippen molar-refractivity contribution in [3.63, 3.8) is 0 Å². The molecule has 0 spiro atoms. The van der Waals surface area contributed by atoms with E-state index in [9.17, 15) is 9.18 Å². The first-order chi connectivity index (χ1) is 19.3. The summed E-state index contributed by atoms with van der Waals surface area (Å²) in [4.78, 5) is 23.4. The van der Waals surface area contributed by atoms with Crippen LogP contribution in [0.5, 0.6) is 5.75 Å². The Morgan fingerprint density at radius 1 is 1.10 bits per heavy atom. The molecule has 2 aromatic heterocycles. The Balaban J connectivity index is 1.45. The summed E-state index contributed by atoms with van der Waals surface area (Å²) in [5, 5.41) is 2.70. The highest BCUT2D eigenvalue weighted by Gasteiger charge is 2.26. The fourth-order valence-corrected chi connectivity index (χ4v) is 4.63. The van der Waals surface area contributed by atoms with E-state index in [1.165, 1.54) is 6.20 Å². The zero-order valence-electron chi connectivity index (χ0n) is 21.4. The SMILES string of the molecule is Nc1cc(F)c(-c2c(F)ccc(OCc3ccccc3)c2F)nc1C(=O)Nc1cnccc1N1CCCC(N)C1. The molecule has 8 nitrogen and oxygen atoms in total. The van der Waals surface area contributed by atoms with Gasteiger partial charge in [0.25, 0.3) is 5.91 Å². The minimum Gasteiger partial charge on any atom is -0.486 e. The van der Waals surface area contributed by atoms with Crippen LogP contribution in [0.2, 0.25) is 0 Å². The molecule has 206 valence electrons. The Labute approximate surface area is 228 Å². The van der Waals surface area contributed by atoms with E-state index in [1.807, 2.05) is 11.0 Å². The molecule has 5 rings (SSSR count). The Morgan fingerprint density at radius 2 is 1.90 bits per heavy atom. The largest absolute Gasteiger partial charge is 0.486 e. The fraction of sp³-hybridized carbons (Fsp3) is 0.207. The van der Waals surface area contributed by atoms with E-state index < -0.39 is 40.3 Å². The molecule has 1 amide bonds. The first-order valence-corrected chi connectivity index (χ1v) is 12.7. The number of rotatable bonds is 7. The topological polar surface area (TPSA) is 119 Å². The number of benzene rings is 2. The van der Waals surface area contributed by atoms with E-state index in [1.54, 1.807) is 36.5 Å². The van der Waals surface area contributed by atoms with Crippen molar-refractivity contribution in [1.82, 2.24) is 9.97 Å². The number of pyridine rings is 2. The molecule has 2 aromatic carbocycles. The van der Waals surface area contributed by atoms with Gasteiger partial charge in [0.1, 0.15) is 18.1 Å². The zero-order valence-corrected chi connectivity index (χ0v) is 21.4. The highest BCUT2D eigenvalue weighted by Crippen LogP contribution is 2.34. The minimum atomic E-state index is -1.16. The summed E-state index contributed by atoms with van der Waals surface area (Å²) >= 11 is 0. The van der Waals surface area contributed by atoms with Crippen molar-refractivity contribution in [3.05, 3.63) is 95.7 Å². The van der Waals surface area contributed by atoms with Crippen LogP contribution in [-0.2, 0) is 6.61 Å². The number of hydrogen-bond acceptors (Lipinski definition) is 7. The maximum atomic E-state index is 15.4. The number of nitrogen functional groups attached to an aromatic ring is 1. The molecule has 3 heterocycles. The molecule has 1 saturated heterocycles. The van der Waals surface area contributed by atoms with Crippen LogP contribution in [0.3, 0.4) is 0 Å². The lowest BCUT2D eigenvalue weighted by atomic mass is 10.1. The third-order valence-corrected chi connectivity index (χ3v) is 6.60. The molecule has 0 radical (unpaired) electrons. The number of halogens is 3. The van der Waals surface area contributed by atoms with E-state index in [2.05, 4.69) is 15.3 Å². The number of nitrogens with zero attached hydrogens (tertiary/aromatic N) is 3. The molecule has 11 heteroatoms. The van der Waals surface area contributed by atoms with Crippen LogP contribution in [0, 0.1) is 17.5 Å². The molecule has 0 bridgehead atoms. The molecule has 1 aliphatic rings.